The minimum absolute atomic E-state index is 0.0387. The van der Waals surface area contributed by atoms with Crippen LogP contribution in [0.15, 0.2) is 36.4 Å². The van der Waals surface area contributed by atoms with E-state index in [2.05, 4.69) is 0 Å². The standard InChI is InChI=1S/C29H35N3O6/c1-4-36-23-17-19-11-12-32-26(22(19)18-24(23)37-5-2)25(20-9-7-8-10-21(20)27(32)33)28(34)30-13-15-31(16-14-30)29(35)38-6-3/h7-10,17-18,25-26H,4-6,11-16H2,1-3H3. The third-order valence-electron chi connectivity index (χ3n) is 7.57. The molecule has 0 saturated carbocycles. The highest BCUT2D eigenvalue weighted by molar-refractivity contribution is 6.01. The molecule has 2 unspecified atom stereocenters. The zero-order chi connectivity index (χ0) is 26.8. The van der Waals surface area contributed by atoms with Crippen LogP contribution in [0.25, 0.3) is 0 Å². The molecule has 2 atom stereocenters. The maximum absolute atomic E-state index is 14.3. The molecule has 1 fully saturated rings. The Balaban J connectivity index is 1.54. The maximum Gasteiger partial charge on any atom is 0.409 e. The highest BCUT2D eigenvalue weighted by Gasteiger charge is 2.48. The van der Waals surface area contributed by atoms with Crippen LogP contribution in [0, 0.1) is 0 Å². The molecule has 3 aliphatic rings. The summed E-state index contributed by atoms with van der Waals surface area (Å²) < 4.78 is 16.9. The van der Waals surface area contributed by atoms with E-state index < -0.39 is 12.0 Å². The number of hydrogen-bond acceptors (Lipinski definition) is 6. The Kier molecular flexibility index (Phi) is 7.44. The molecule has 3 aliphatic heterocycles. The van der Waals surface area contributed by atoms with Gasteiger partial charge in [-0.1, -0.05) is 18.2 Å². The Hall–Kier alpha value is -3.75. The average Bonchev–Trinajstić information content (AvgIpc) is 2.94. The molecule has 3 heterocycles. The van der Waals surface area contributed by atoms with Crippen molar-refractivity contribution < 1.29 is 28.6 Å². The summed E-state index contributed by atoms with van der Waals surface area (Å²) in [5.41, 5.74) is 3.31. The largest absolute Gasteiger partial charge is 0.490 e. The lowest BCUT2D eigenvalue weighted by atomic mass is 9.75. The van der Waals surface area contributed by atoms with Crippen LogP contribution >= 0.6 is 0 Å². The summed E-state index contributed by atoms with van der Waals surface area (Å²) in [6.07, 6.45) is 0.319. The summed E-state index contributed by atoms with van der Waals surface area (Å²) in [5, 5.41) is 0. The van der Waals surface area contributed by atoms with Gasteiger partial charge in [-0.3, -0.25) is 9.59 Å². The van der Waals surface area contributed by atoms with Crippen molar-refractivity contribution in [1.82, 2.24) is 14.7 Å². The molecule has 3 amide bonds. The fourth-order valence-corrected chi connectivity index (χ4v) is 5.86. The molecule has 0 bridgehead atoms. The summed E-state index contributed by atoms with van der Waals surface area (Å²) in [6, 6.07) is 10.9. The summed E-state index contributed by atoms with van der Waals surface area (Å²) in [4.78, 5) is 45.4. The van der Waals surface area contributed by atoms with E-state index >= 15 is 0 Å². The van der Waals surface area contributed by atoms with Crippen molar-refractivity contribution in [3.05, 3.63) is 58.7 Å². The number of benzene rings is 2. The van der Waals surface area contributed by atoms with E-state index in [1.54, 1.807) is 11.8 Å². The Bertz CT molecular complexity index is 1220. The molecule has 0 aromatic heterocycles. The van der Waals surface area contributed by atoms with E-state index in [0.29, 0.717) is 76.0 Å². The molecule has 202 valence electrons. The van der Waals surface area contributed by atoms with Gasteiger partial charge in [-0.15, -0.1) is 0 Å². The van der Waals surface area contributed by atoms with E-state index in [9.17, 15) is 14.4 Å². The summed E-state index contributed by atoms with van der Waals surface area (Å²) in [5.74, 6) is 0.643. The van der Waals surface area contributed by atoms with Crippen molar-refractivity contribution in [3.63, 3.8) is 0 Å². The number of rotatable bonds is 6. The minimum Gasteiger partial charge on any atom is -0.490 e. The number of fused-ring (bicyclic) bond motifs is 4. The molecule has 1 saturated heterocycles. The predicted octanol–water partition coefficient (Wildman–Crippen LogP) is 3.62. The molecular formula is C29H35N3O6. The molecule has 38 heavy (non-hydrogen) atoms. The van der Waals surface area contributed by atoms with E-state index in [0.717, 1.165) is 16.7 Å². The highest BCUT2D eigenvalue weighted by atomic mass is 16.6. The van der Waals surface area contributed by atoms with Gasteiger partial charge in [-0.2, -0.15) is 0 Å². The molecule has 0 N–H and O–H groups in total. The predicted molar refractivity (Wildman–Crippen MR) is 141 cm³/mol. The van der Waals surface area contributed by atoms with Crippen molar-refractivity contribution in [3.8, 4) is 11.5 Å². The fourth-order valence-electron chi connectivity index (χ4n) is 5.86. The molecule has 5 rings (SSSR count). The maximum atomic E-state index is 14.3. The molecule has 2 aromatic rings. The Morgan fingerprint density at radius 1 is 0.842 bits per heavy atom. The SMILES string of the molecule is CCOC(=O)N1CCN(C(=O)C2c3ccccc3C(=O)N3CCc4cc(OCC)c(OCC)cc4C23)CC1. The Morgan fingerprint density at radius 3 is 2.18 bits per heavy atom. The lowest BCUT2D eigenvalue weighted by Crippen LogP contribution is -2.55. The van der Waals surface area contributed by atoms with Gasteiger partial charge in [-0.25, -0.2) is 4.79 Å². The number of carbonyl (C=O) groups excluding carboxylic acids is 3. The third kappa shape index (κ3) is 4.54. The number of hydrogen-bond donors (Lipinski definition) is 0. The molecule has 9 heteroatoms. The van der Waals surface area contributed by atoms with Crippen LogP contribution in [0.2, 0.25) is 0 Å². The van der Waals surface area contributed by atoms with Gasteiger partial charge in [0.2, 0.25) is 5.91 Å². The smallest absolute Gasteiger partial charge is 0.409 e. The quantitative estimate of drug-likeness (QED) is 0.577. The number of amides is 3. The molecular weight excluding hydrogens is 486 g/mol. The number of carbonyl (C=O) groups is 3. The van der Waals surface area contributed by atoms with Crippen LogP contribution in [0.5, 0.6) is 11.5 Å². The highest BCUT2D eigenvalue weighted by Crippen LogP contribution is 2.49. The molecule has 0 aliphatic carbocycles. The van der Waals surface area contributed by atoms with Gasteiger partial charge in [0.15, 0.2) is 11.5 Å². The van der Waals surface area contributed by atoms with Crippen LogP contribution in [0.4, 0.5) is 4.79 Å². The summed E-state index contributed by atoms with van der Waals surface area (Å²) in [7, 11) is 0. The first-order valence-corrected chi connectivity index (χ1v) is 13.5. The second-order valence-electron chi connectivity index (χ2n) is 9.63. The average molecular weight is 522 g/mol. The zero-order valence-electron chi connectivity index (χ0n) is 22.3. The number of piperazine rings is 1. The Labute approximate surface area is 223 Å². The second kappa shape index (κ2) is 10.9. The Morgan fingerprint density at radius 2 is 1.50 bits per heavy atom. The first-order chi connectivity index (χ1) is 18.5. The van der Waals surface area contributed by atoms with Crippen molar-refractivity contribution in [2.45, 2.75) is 39.2 Å². The monoisotopic (exact) mass is 521 g/mol. The van der Waals surface area contributed by atoms with Gasteiger partial charge in [0.25, 0.3) is 5.91 Å². The zero-order valence-corrected chi connectivity index (χ0v) is 22.3. The summed E-state index contributed by atoms with van der Waals surface area (Å²) >= 11 is 0. The van der Waals surface area contributed by atoms with Crippen LogP contribution in [-0.4, -0.2) is 85.2 Å². The van der Waals surface area contributed by atoms with Gasteiger partial charge < -0.3 is 28.9 Å². The third-order valence-corrected chi connectivity index (χ3v) is 7.57. The van der Waals surface area contributed by atoms with Gasteiger partial charge in [0, 0.05) is 38.3 Å². The van der Waals surface area contributed by atoms with Crippen LogP contribution in [0.1, 0.15) is 59.8 Å². The van der Waals surface area contributed by atoms with Crippen molar-refractivity contribution >= 4 is 17.9 Å². The minimum atomic E-state index is -0.565. The van der Waals surface area contributed by atoms with E-state index in [-0.39, 0.29) is 17.9 Å². The first-order valence-electron chi connectivity index (χ1n) is 13.5. The van der Waals surface area contributed by atoms with E-state index in [1.165, 1.54) is 0 Å². The van der Waals surface area contributed by atoms with Crippen molar-refractivity contribution in [1.29, 1.82) is 0 Å². The van der Waals surface area contributed by atoms with E-state index in [1.807, 2.05) is 60.0 Å². The lowest BCUT2D eigenvalue weighted by Gasteiger charge is -2.47. The van der Waals surface area contributed by atoms with Crippen molar-refractivity contribution in [2.75, 3.05) is 52.5 Å². The van der Waals surface area contributed by atoms with Gasteiger partial charge in [0.1, 0.15) is 0 Å². The number of ether oxygens (including phenoxy) is 3. The van der Waals surface area contributed by atoms with Gasteiger partial charge >= 0.3 is 6.09 Å². The first kappa shape index (κ1) is 25.9. The topological polar surface area (TPSA) is 88.6 Å². The molecule has 0 spiro atoms. The van der Waals surface area contributed by atoms with Crippen molar-refractivity contribution in [2.24, 2.45) is 0 Å². The fraction of sp³-hybridized carbons (Fsp3) is 0.483. The van der Waals surface area contributed by atoms with Crippen LogP contribution in [0.3, 0.4) is 0 Å². The molecule has 2 aromatic carbocycles. The second-order valence-corrected chi connectivity index (χ2v) is 9.63. The van der Waals surface area contributed by atoms with Crippen LogP contribution in [-0.2, 0) is 16.0 Å². The number of nitrogens with zero attached hydrogens (tertiary/aromatic N) is 3. The lowest BCUT2D eigenvalue weighted by molar-refractivity contribution is -0.136. The summed E-state index contributed by atoms with van der Waals surface area (Å²) in [6.45, 7) is 9.11. The van der Waals surface area contributed by atoms with E-state index in [4.69, 9.17) is 14.2 Å². The van der Waals surface area contributed by atoms with Gasteiger partial charge in [0.05, 0.1) is 31.8 Å². The molecule has 9 nitrogen and oxygen atoms in total. The van der Waals surface area contributed by atoms with Crippen LogP contribution < -0.4 is 9.47 Å². The molecule has 0 radical (unpaired) electrons. The van der Waals surface area contributed by atoms with Gasteiger partial charge in [-0.05, 0) is 62.1 Å². The normalized spacial score (nSPS) is 20.3.